The van der Waals surface area contributed by atoms with E-state index in [9.17, 15) is 14.0 Å². The van der Waals surface area contributed by atoms with Crippen molar-refractivity contribution in [1.82, 2.24) is 24.4 Å². The van der Waals surface area contributed by atoms with Crippen molar-refractivity contribution in [3.05, 3.63) is 75.2 Å². The van der Waals surface area contributed by atoms with Crippen molar-refractivity contribution in [2.75, 3.05) is 13.1 Å². The van der Waals surface area contributed by atoms with Crippen molar-refractivity contribution in [1.29, 1.82) is 0 Å². The molecule has 0 bridgehead atoms. The topological polar surface area (TPSA) is 110 Å². The second-order valence-electron chi connectivity index (χ2n) is 9.15. The number of halogens is 2. The Hall–Kier alpha value is -4.05. The predicted octanol–water partition coefficient (Wildman–Crippen LogP) is 4.81. The number of fused-ring (bicyclic) bond motifs is 1. The van der Waals surface area contributed by atoms with Gasteiger partial charge in [-0.05, 0) is 42.7 Å². The fraction of sp³-hybridized carbons (Fsp3) is 0.269. The van der Waals surface area contributed by atoms with Crippen molar-refractivity contribution in [2.45, 2.75) is 32.8 Å². The van der Waals surface area contributed by atoms with Crippen LogP contribution in [0.5, 0.6) is 5.88 Å². The number of likely N-dealkylation sites (tertiary alicyclic amines) is 1. The number of hydrogen-bond acceptors (Lipinski definition) is 6. The van der Waals surface area contributed by atoms with Gasteiger partial charge in [-0.1, -0.05) is 37.6 Å². The molecule has 190 valence electrons. The molecule has 1 fully saturated rings. The Bertz CT molecular complexity index is 1600. The molecule has 0 spiro atoms. The summed E-state index contributed by atoms with van der Waals surface area (Å²) < 4.78 is 22.0. The molecule has 0 radical (unpaired) electrons. The molecule has 0 unspecified atom stereocenters. The molecular weight excluding hydrogens is 501 g/mol. The molecule has 5 rings (SSSR count). The second-order valence-corrected chi connectivity index (χ2v) is 9.56. The Labute approximate surface area is 216 Å². The summed E-state index contributed by atoms with van der Waals surface area (Å²) in [5.74, 6) is -0.559. The summed E-state index contributed by atoms with van der Waals surface area (Å²) in [6, 6.07) is 9.41. The van der Waals surface area contributed by atoms with Crippen molar-refractivity contribution in [3.63, 3.8) is 0 Å². The van der Waals surface area contributed by atoms with Crippen LogP contribution in [0, 0.1) is 12.7 Å². The normalized spacial score (nSPS) is 13.7. The van der Waals surface area contributed by atoms with Crippen LogP contribution in [0.4, 0.5) is 9.18 Å². The van der Waals surface area contributed by atoms with Crippen molar-refractivity contribution in [2.24, 2.45) is 0 Å². The monoisotopic (exact) mass is 523 g/mol. The number of hydrogen-bond donors (Lipinski definition) is 1. The number of pyridine rings is 2. The van der Waals surface area contributed by atoms with E-state index in [-0.39, 0.29) is 46.8 Å². The summed E-state index contributed by atoms with van der Waals surface area (Å²) in [5.41, 5.74) is 1.81. The lowest BCUT2D eigenvalue weighted by Gasteiger charge is -2.36. The van der Waals surface area contributed by atoms with E-state index in [0.717, 1.165) is 5.56 Å². The maximum absolute atomic E-state index is 14.7. The van der Waals surface area contributed by atoms with Crippen LogP contribution in [0.1, 0.15) is 31.0 Å². The number of aromatic nitrogens is 4. The zero-order valence-corrected chi connectivity index (χ0v) is 21.0. The zero-order chi connectivity index (χ0) is 26.4. The number of carbonyl (C=O) groups is 1. The van der Waals surface area contributed by atoms with E-state index in [0.29, 0.717) is 16.8 Å². The summed E-state index contributed by atoms with van der Waals surface area (Å²) >= 11 is 6.58. The van der Waals surface area contributed by atoms with E-state index in [4.69, 9.17) is 21.4 Å². The first-order valence-corrected chi connectivity index (χ1v) is 12.0. The molecule has 37 heavy (non-hydrogen) atoms. The highest BCUT2D eigenvalue weighted by Crippen LogP contribution is 2.35. The van der Waals surface area contributed by atoms with Gasteiger partial charge in [0.15, 0.2) is 5.65 Å². The Morgan fingerprint density at radius 1 is 1.22 bits per heavy atom. The van der Waals surface area contributed by atoms with Gasteiger partial charge in [-0.15, -0.1) is 0 Å². The third kappa shape index (κ3) is 4.37. The Morgan fingerprint density at radius 2 is 1.95 bits per heavy atom. The van der Waals surface area contributed by atoms with Crippen LogP contribution in [0.2, 0.25) is 5.02 Å². The van der Waals surface area contributed by atoms with Crippen LogP contribution in [-0.2, 0) is 0 Å². The number of aryl methyl sites for hydroxylation is 1. The molecular formula is C26H23ClFN5O4. The first-order valence-electron chi connectivity index (χ1n) is 11.6. The van der Waals surface area contributed by atoms with Crippen LogP contribution in [0.25, 0.3) is 28.0 Å². The third-order valence-corrected chi connectivity index (χ3v) is 6.53. The molecule has 0 saturated carbocycles. The molecule has 0 atom stereocenters. The van der Waals surface area contributed by atoms with Gasteiger partial charge in [0.25, 0.3) is 0 Å². The summed E-state index contributed by atoms with van der Waals surface area (Å²) in [5, 5.41) is 9.60. The lowest BCUT2D eigenvalue weighted by atomic mass is 10.0. The van der Waals surface area contributed by atoms with E-state index in [1.807, 2.05) is 20.8 Å². The maximum Gasteiger partial charge on any atom is 0.407 e. The number of benzene rings is 1. The van der Waals surface area contributed by atoms with Gasteiger partial charge in [0.1, 0.15) is 11.9 Å². The fourth-order valence-corrected chi connectivity index (χ4v) is 4.59. The predicted molar refractivity (Wildman–Crippen MR) is 136 cm³/mol. The number of nitrogens with zero attached hydrogens (tertiary/aromatic N) is 5. The van der Waals surface area contributed by atoms with Crippen LogP contribution < -0.4 is 10.4 Å². The van der Waals surface area contributed by atoms with E-state index >= 15 is 0 Å². The zero-order valence-electron chi connectivity index (χ0n) is 20.3. The fourth-order valence-electron chi connectivity index (χ4n) is 4.34. The average Bonchev–Trinajstić information content (AvgIpc) is 2.81. The average molecular weight is 524 g/mol. The van der Waals surface area contributed by atoms with Gasteiger partial charge in [0.2, 0.25) is 5.88 Å². The minimum absolute atomic E-state index is 0.0200. The van der Waals surface area contributed by atoms with Crippen LogP contribution in [0.15, 0.2) is 47.4 Å². The number of amides is 1. The highest BCUT2D eigenvalue weighted by Gasteiger charge is 2.33. The molecule has 1 amide bonds. The van der Waals surface area contributed by atoms with Crippen molar-refractivity contribution >= 4 is 28.7 Å². The van der Waals surface area contributed by atoms with E-state index < -0.39 is 23.7 Å². The third-order valence-electron chi connectivity index (χ3n) is 6.24. The van der Waals surface area contributed by atoms with Crippen molar-refractivity contribution < 1.29 is 19.0 Å². The smallest absolute Gasteiger partial charge is 0.407 e. The summed E-state index contributed by atoms with van der Waals surface area (Å²) in [6.07, 6.45) is 0.130. The highest BCUT2D eigenvalue weighted by atomic mass is 35.5. The second kappa shape index (κ2) is 9.44. The first kappa shape index (κ1) is 24.6. The molecule has 1 aliphatic rings. The van der Waals surface area contributed by atoms with Crippen LogP contribution >= 0.6 is 11.6 Å². The molecule has 1 N–H and O–H groups in total. The first-order chi connectivity index (χ1) is 17.7. The minimum Gasteiger partial charge on any atom is -0.470 e. The maximum atomic E-state index is 14.7. The van der Waals surface area contributed by atoms with E-state index in [1.165, 1.54) is 21.6 Å². The van der Waals surface area contributed by atoms with Gasteiger partial charge in [-0.2, -0.15) is 4.98 Å². The summed E-state index contributed by atoms with van der Waals surface area (Å²) in [7, 11) is 0. The Balaban J connectivity index is 1.78. The van der Waals surface area contributed by atoms with Gasteiger partial charge < -0.3 is 14.7 Å². The largest absolute Gasteiger partial charge is 0.470 e. The van der Waals surface area contributed by atoms with E-state index in [2.05, 4.69) is 15.0 Å². The molecule has 3 aromatic heterocycles. The SMILES string of the molecule is Cc1ccnc(C(C)C)c1-n1c(=O)nc(OC2CN(C(=O)O)C2)c2cc(Cl)c(-c3ccccc3F)nc21. The van der Waals surface area contributed by atoms with E-state index in [1.54, 1.807) is 30.5 Å². The molecule has 11 heteroatoms. The van der Waals surface area contributed by atoms with Gasteiger partial charge in [-0.25, -0.2) is 23.5 Å². The molecule has 1 aliphatic heterocycles. The molecule has 9 nitrogen and oxygen atoms in total. The number of rotatable bonds is 5. The molecule has 4 heterocycles. The van der Waals surface area contributed by atoms with Gasteiger partial charge in [0.05, 0.1) is 40.6 Å². The summed E-state index contributed by atoms with van der Waals surface area (Å²) in [4.78, 5) is 39.2. The Morgan fingerprint density at radius 3 is 2.62 bits per heavy atom. The standard InChI is InChI=1S/C26H23ClFN5O4/c1-13(2)20-22(14(3)8-9-29-20)33-23-17(10-18(27)21(30-23)16-6-4-5-7-19(16)28)24(31-25(33)34)37-15-11-32(12-15)26(35)36/h4-10,13,15H,11-12H2,1-3H3,(H,35,36). The lowest BCUT2D eigenvalue weighted by Crippen LogP contribution is -2.55. The lowest BCUT2D eigenvalue weighted by molar-refractivity contribution is 0.0235. The number of carboxylic acid groups (broad SMARTS) is 1. The minimum atomic E-state index is -1.06. The molecule has 0 aliphatic carbocycles. The van der Waals surface area contributed by atoms with Gasteiger partial charge >= 0.3 is 11.8 Å². The van der Waals surface area contributed by atoms with Crippen LogP contribution in [0.3, 0.4) is 0 Å². The van der Waals surface area contributed by atoms with Crippen molar-refractivity contribution in [3.8, 4) is 22.8 Å². The van der Waals surface area contributed by atoms with Crippen LogP contribution in [-0.4, -0.2) is 54.8 Å². The molecule has 1 saturated heterocycles. The summed E-state index contributed by atoms with van der Waals surface area (Å²) in [6.45, 7) is 6.05. The van der Waals surface area contributed by atoms with Gasteiger partial charge in [-0.3, -0.25) is 4.98 Å². The van der Waals surface area contributed by atoms with Gasteiger partial charge in [0, 0.05) is 11.8 Å². The number of ether oxygens (including phenoxy) is 1. The Kier molecular flexibility index (Phi) is 6.28. The molecule has 4 aromatic rings. The highest BCUT2D eigenvalue weighted by molar-refractivity contribution is 6.33. The quantitative estimate of drug-likeness (QED) is 0.399. The molecule has 1 aromatic carbocycles.